The van der Waals surface area contributed by atoms with Crippen molar-refractivity contribution in [1.29, 1.82) is 0 Å². The van der Waals surface area contributed by atoms with Gasteiger partial charge in [-0.15, -0.1) is 0 Å². The van der Waals surface area contributed by atoms with Gasteiger partial charge in [-0.25, -0.2) is 0 Å². The molecule has 0 amide bonds. The van der Waals surface area contributed by atoms with E-state index in [4.69, 9.17) is 9.26 Å². The van der Waals surface area contributed by atoms with Crippen LogP contribution in [-0.2, 0) is 6.54 Å². The van der Waals surface area contributed by atoms with Crippen molar-refractivity contribution >= 4 is 11.4 Å². The molecule has 2 aromatic rings. The number of benzene rings is 1. The van der Waals surface area contributed by atoms with Gasteiger partial charge in [0.25, 0.3) is 5.69 Å². The van der Waals surface area contributed by atoms with E-state index in [0.29, 0.717) is 36.3 Å². The molecule has 2 rings (SSSR count). The minimum atomic E-state index is -0.466. The summed E-state index contributed by atoms with van der Waals surface area (Å²) in [5.74, 6) is 1.39. The molecule has 1 aromatic heterocycles. The highest BCUT2D eigenvalue weighted by Crippen LogP contribution is 2.26. The summed E-state index contributed by atoms with van der Waals surface area (Å²) in [6.45, 7) is 4.25. The largest absolute Gasteiger partial charge is 0.494 e. The Morgan fingerprint density at radius 3 is 2.85 bits per heavy atom. The number of nitrogens with one attached hydrogen (secondary N) is 1. The molecular weight excluding hydrogens is 264 g/mol. The van der Waals surface area contributed by atoms with Gasteiger partial charge in [0.1, 0.15) is 5.75 Å². The van der Waals surface area contributed by atoms with Crippen LogP contribution in [0.4, 0.5) is 11.4 Å². The van der Waals surface area contributed by atoms with Crippen LogP contribution >= 0.6 is 0 Å². The number of aromatic nitrogens is 2. The van der Waals surface area contributed by atoms with Crippen LogP contribution in [0.15, 0.2) is 22.7 Å². The molecule has 0 bridgehead atoms. The maximum absolute atomic E-state index is 10.9. The Kier molecular flexibility index (Phi) is 4.14. The van der Waals surface area contributed by atoms with Crippen LogP contribution in [0.3, 0.4) is 0 Å². The fourth-order valence-electron chi connectivity index (χ4n) is 1.64. The zero-order chi connectivity index (χ0) is 14.5. The van der Waals surface area contributed by atoms with Gasteiger partial charge in [-0.1, -0.05) is 5.16 Å². The van der Waals surface area contributed by atoms with Gasteiger partial charge in [0.2, 0.25) is 5.89 Å². The first-order valence-corrected chi connectivity index (χ1v) is 6.04. The Morgan fingerprint density at radius 1 is 1.45 bits per heavy atom. The molecule has 0 atom stereocenters. The Hall–Kier alpha value is -2.64. The number of nitro benzene ring substituents is 1. The van der Waals surface area contributed by atoms with Gasteiger partial charge >= 0.3 is 0 Å². The summed E-state index contributed by atoms with van der Waals surface area (Å²) < 4.78 is 10.1. The lowest BCUT2D eigenvalue weighted by Crippen LogP contribution is -2.03. The van der Waals surface area contributed by atoms with Gasteiger partial charge in [0, 0.05) is 24.7 Å². The highest BCUT2D eigenvalue weighted by atomic mass is 16.6. The van der Waals surface area contributed by atoms with E-state index in [1.165, 1.54) is 12.1 Å². The first kappa shape index (κ1) is 13.8. The predicted molar refractivity (Wildman–Crippen MR) is 70.6 cm³/mol. The lowest BCUT2D eigenvalue weighted by molar-refractivity contribution is -0.384. The smallest absolute Gasteiger partial charge is 0.275 e. The molecule has 1 heterocycles. The maximum atomic E-state index is 10.9. The SMILES string of the molecule is CCOc1cc(NCc2noc(C)n2)cc([N+](=O)[O-])c1. The first-order valence-electron chi connectivity index (χ1n) is 6.04. The van der Waals surface area contributed by atoms with Crippen LogP contribution in [0.1, 0.15) is 18.6 Å². The van der Waals surface area contributed by atoms with E-state index in [9.17, 15) is 10.1 Å². The summed E-state index contributed by atoms with van der Waals surface area (Å²) in [6, 6.07) is 4.49. The quantitative estimate of drug-likeness (QED) is 0.638. The van der Waals surface area contributed by atoms with E-state index >= 15 is 0 Å². The zero-order valence-electron chi connectivity index (χ0n) is 11.1. The number of rotatable bonds is 6. The topological polar surface area (TPSA) is 103 Å². The second-order valence-electron chi connectivity index (χ2n) is 3.99. The van der Waals surface area contributed by atoms with Crippen LogP contribution in [0.25, 0.3) is 0 Å². The standard InChI is InChI=1S/C12H14N4O4/c1-3-19-11-5-9(4-10(6-11)16(17)18)13-7-12-14-8(2)20-15-12/h4-6,13H,3,7H2,1-2H3. The summed E-state index contributed by atoms with van der Waals surface area (Å²) >= 11 is 0. The number of ether oxygens (including phenoxy) is 1. The highest BCUT2D eigenvalue weighted by molar-refractivity contribution is 5.56. The van der Waals surface area contributed by atoms with Crippen molar-refractivity contribution < 1.29 is 14.2 Å². The van der Waals surface area contributed by atoms with Gasteiger partial charge in [0.05, 0.1) is 24.1 Å². The van der Waals surface area contributed by atoms with Gasteiger partial charge in [0.15, 0.2) is 5.82 Å². The number of aryl methyl sites for hydroxylation is 1. The molecule has 0 spiro atoms. The third-order valence-corrected chi connectivity index (χ3v) is 2.43. The van der Waals surface area contributed by atoms with Crippen LogP contribution in [0.5, 0.6) is 5.75 Å². The molecule has 0 fully saturated rings. The Bertz CT molecular complexity index is 611. The van der Waals surface area contributed by atoms with E-state index < -0.39 is 4.92 Å². The third kappa shape index (κ3) is 3.44. The number of nitro groups is 1. The molecule has 0 aliphatic rings. The fraction of sp³-hybridized carbons (Fsp3) is 0.333. The van der Waals surface area contributed by atoms with Crippen molar-refractivity contribution in [3.05, 3.63) is 40.0 Å². The lowest BCUT2D eigenvalue weighted by atomic mass is 10.2. The molecular formula is C12H14N4O4. The number of hydrogen-bond donors (Lipinski definition) is 1. The van der Waals surface area contributed by atoms with Crippen molar-refractivity contribution in [3.63, 3.8) is 0 Å². The maximum Gasteiger partial charge on any atom is 0.275 e. The van der Waals surface area contributed by atoms with Crippen molar-refractivity contribution in [2.24, 2.45) is 0 Å². The number of anilines is 1. The minimum Gasteiger partial charge on any atom is -0.494 e. The predicted octanol–water partition coefficient (Wildman–Crippen LogP) is 2.30. The Morgan fingerprint density at radius 2 is 2.25 bits per heavy atom. The van der Waals surface area contributed by atoms with Gasteiger partial charge < -0.3 is 14.6 Å². The summed E-state index contributed by atoms with van der Waals surface area (Å²) in [6.07, 6.45) is 0. The summed E-state index contributed by atoms with van der Waals surface area (Å²) in [5, 5.41) is 17.6. The van der Waals surface area contributed by atoms with E-state index in [1.54, 1.807) is 13.0 Å². The molecule has 0 saturated carbocycles. The molecule has 0 radical (unpaired) electrons. The Balaban J connectivity index is 2.15. The molecule has 0 unspecified atom stereocenters. The molecule has 0 saturated heterocycles. The van der Waals surface area contributed by atoms with Gasteiger partial charge in [-0.05, 0) is 6.92 Å². The molecule has 8 nitrogen and oxygen atoms in total. The molecule has 1 N–H and O–H groups in total. The average Bonchev–Trinajstić information content (AvgIpc) is 2.82. The molecule has 1 aromatic carbocycles. The first-order chi connectivity index (χ1) is 9.58. The van der Waals surface area contributed by atoms with Crippen molar-refractivity contribution in [2.45, 2.75) is 20.4 Å². The zero-order valence-corrected chi connectivity index (χ0v) is 11.1. The number of nitrogens with zero attached hydrogens (tertiary/aromatic N) is 3. The van der Waals surface area contributed by atoms with Gasteiger partial charge in [-0.3, -0.25) is 10.1 Å². The normalized spacial score (nSPS) is 10.3. The van der Waals surface area contributed by atoms with E-state index in [0.717, 1.165) is 0 Å². The summed E-state index contributed by atoms with van der Waals surface area (Å²) in [5.41, 5.74) is 0.521. The van der Waals surface area contributed by atoms with Crippen LogP contribution in [0.2, 0.25) is 0 Å². The molecule has 106 valence electrons. The van der Waals surface area contributed by atoms with E-state index in [1.807, 2.05) is 6.92 Å². The van der Waals surface area contributed by atoms with Gasteiger partial charge in [-0.2, -0.15) is 4.98 Å². The monoisotopic (exact) mass is 278 g/mol. The average molecular weight is 278 g/mol. The lowest BCUT2D eigenvalue weighted by Gasteiger charge is -2.07. The highest BCUT2D eigenvalue weighted by Gasteiger charge is 2.11. The molecule has 20 heavy (non-hydrogen) atoms. The van der Waals surface area contributed by atoms with E-state index in [2.05, 4.69) is 15.5 Å². The minimum absolute atomic E-state index is 0.0391. The summed E-state index contributed by atoms with van der Waals surface area (Å²) in [4.78, 5) is 14.4. The van der Waals surface area contributed by atoms with E-state index in [-0.39, 0.29) is 5.69 Å². The summed E-state index contributed by atoms with van der Waals surface area (Å²) in [7, 11) is 0. The number of hydrogen-bond acceptors (Lipinski definition) is 7. The number of non-ortho nitro benzene ring substituents is 1. The molecule has 8 heteroatoms. The second-order valence-corrected chi connectivity index (χ2v) is 3.99. The van der Waals surface area contributed by atoms with Crippen molar-refractivity contribution in [3.8, 4) is 5.75 Å². The van der Waals surface area contributed by atoms with Crippen LogP contribution < -0.4 is 10.1 Å². The molecule has 0 aliphatic heterocycles. The third-order valence-electron chi connectivity index (χ3n) is 2.43. The van der Waals surface area contributed by atoms with Crippen LogP contribution in [0, 0.1) is 17.0 Å². The molecule has 0 aliphatic carbocycles. The van der Waals surface area contributed by atoms with Crippen LogP contribution in [-0.4, -0.2) is 21.7 Å². The Labute approximate surface area is 114 Å². The van der Waals surface area contributed by atoms with Crippen molar-refractivity contribution in [1.82, 2.24) is 10.1 Å². The fourth-order valence-corrected chi connectivity index (χ4v) is 1.64. The second kappa shape index (κ2) is 6.00. The van der Waals surface area contributed by atoms with Crippen molar-refractivity contribution in [2.75, 3.05) is 11.9 Å².